The molecule has 0 spiro atoms. The number of ether oxygens (including phenoxy) is 1. The lowest BCUT2D eigenvalue weighted by molar-refractivity contribution is -0.121. The molecule has 0 saturated carbocycles. The van der Waals surface area contributed by atoms with Gasteiger partial charge < -0.3 is 15.8 Å². The highest BCUT2D eigenvalue weighted by Crippen LogP contribution is 2.30. The maximum Gasteiger partial charge on any atom is 0.228 e. The molecular formula is C14H22N2O2. The van der Waals surface area contributed by atoms with E-state index >= 15 is 0 Å². The van der Waals surface area contributed by atoms with Crippen molar-refractivity contribution < 1.29 is 9.53 Å². The molecule has 0 aromatic heterocycles. The smallest absolute Gasteiger partial charge is 0.228 e. The summed E-state index contributed by atoms with van der Waals surface area (Å²) >= 11 is 0. The summed E-state index contributed by atoms with van der Waals surface area (Å²) in [5.41, 5.74) is 7.74. The zero-order valence-corrected chi connectivity index (χ0v) is 11.5. The molecule has 0 aliphatic carbocycles. The molecule has 1 aromatic rings. The number of methoxy groups -OCH3 is 1. The second-order valence-electron chi connectivity index (χ2n) is 4.56. The van der Waals surface area contributed by atoms with Crippen LogP contribution in [-0.4, -0.2) is 26.6 Å². The zero-order chi connectivity index (χ0) is 13.7. The van der Waals surface area contributed by atoms with Crippen LogP contribution in [0, 0.1) is 0 Å². The molecule has 18 heavy (non-hydrogen) atoms. The monoisotopic (exact) mass is 250 g/mol. The molecule has 3 N–H and O–H groups in total. The Labute approximate surface area is 109 Å². The summed E-state index contributed by atoms with van der Waals surface area (Å²) < 4.78 is 5.32. The van der Waals surface area contributed by atoms with E-state index in [9.17, 15) is 4.79 Å². The van der Waals surface area contributed by atoms with Gasteiger partial charge in [-0.05, 0) is 17.5 Å². The van der Waals surface area contributed by atoms with Gasteiger partial charge in [0, 0.05) is 19.2 Å². The van der Waals surface area contributed by atoms with E-state index in [1.54, 1.807) is 14.2 Å². The Hall–Kier alpha value is -1.55. The van der Waals surface area contributed by atoms with Gasteiger partial charge in [-0.25, -0.2) is 0 Å². The number of hydrogen-bond donors (Lipinski definition) is 2. The molecule has 0 aliphatic heterocycles. The predicted octanol–water partition coefficient (Wildman–Crippen LogP) is 1.61. The summed E-state index contributed by atoms with van der Waals surface area (Å²) in [4.78, 5) is 11.8. The number of carbonyl (C=O) groups is 1. The van der Waals surface area contributed by atoms with Gasteiger partial charge in [0.25, 0.3) is 0 Å². The minimum absolute atomic E-state index is 0.0864. The first-order valence-corrected chi connectivity index (χ1v) is 6.14. The third-order valence-electron chi connectivity index (χ3n) is 3.09. The fraction of sp³-hybridized carbons (Fsp3) is 0.500. The van der Waals surface area contributed by atoms with E-state index in [0.29, 0.717) is 11.7 Å². The van der Waals surface area contributed by atoms with Crippen molar-refractivity contribution in [1.82, 2.24) is 5.32 Å². The highest BCUT2D eigenvalue weighted by molar-refractivity contribution is 5.84. The zero-order valence-electron chi connectivity index (χ0n) is 11.5. The van der Waals surface area contributed by atoms with Gasteiger partial charge >= 0.3 is 0 Å². The average Bonchev–Trinajstić information content (AvgIpc) is 2.39. The van der Waals surface area contributed by atoms with Crippen LogP contribution in [0.5, 0.6) is 5.75 Å². The van der Waals surface area contributed by atoms with Gasteiger partial charge in [-0.2, -0.15) is 0 Å². The number of nitrogens with one attached hydrogen (secondary N) is 1. The summed E-state index contributed by atoms with van der Waals surface area (Å²) in [5, 5.41) is 2.64. The standard InChI is InChI=1S/C14H22N2O2/c1-9(2)10-5-6-13(18-4)11(7-10)12(8-15)14(17)16-3/h5-7,9,12H,8,15H2,1-4H3,(H,16,17). The van der Waals surface area contributed by atoms with E-state index in [1.807, 2.05) is 18.2 Å². The number of carbonyl (C=O) groups excluding carboxylic acids is 1. The van der Waals surface area contributed by atoms with Gasteiger partial charge in [0.2, 0.25) is 5.91 Å². The average molecular weight is 250 g/mol. The largest absolute Gasteiger partial charge is 0.496 e. The van der Waals surface area contributed by atoms with Crippen molar-refractivity contribution >= 4 is 5.91 Å². The van der Waals surface area contributed by atoms with Crippen LogP contribution >= 0.6 is 0 Å². The Kier molecular flexibility index (Phi) is 5.16. The molecule has 0 heterocycles. The molecule has 0 aliphatic rings. The van der Waals surface area contributed by atoms with Crippen LogP contribution in [0.1, 0.15) is 36.8 Å². The summed E-state index contributed by atoms with van der Waals surface area (Å²) in [6, 6.07) is 5.93. The maximum atomic E-state index is 11.8. The number of hydrogen-bond acceptors (Lipinski definition) is 3. The van der Waals surface area contributed by atoms with Gasteiger partial charge in [0.05, 0.1) is 13.0 Å². The van der Waals surface area contributed by atoms with Crippen LogP contribution in [0.25, 0.3) is 0 Å². The number of nitrogens with two attached hydrogens (primary N) is 1. The summed E-state index contributed by atoms with van der Waals surface area (Å²) in [6.07, 6.45) is 0. The summed E-state index contributed by atoms with van der Waals surface area (Å²) in [7, 11) is 3.22. The normalized spacial score (nSPS) is 12.3. The maximum absolute atomic E-state index is 11.8. The molecule has 1 amide bonds. The lowest BCUT2D eigenvalue weighted by Gasteiger charge is -2.19. The minimum Gasteiger partial charge on any atom is -0.496 e. The Balaban J connectivity index is 3.25. The fourth-order valence-corrected chi connectivity index (χ4v) is 1.93. The Morgan fingerprint density at radius 1 is 1.44 bits per heavy atom. The van der Waals surface area contributed by atoms with Crippen LogP contribution in [0.3, 0.4) is 0 Å². The van der Waals surface area contributed by atoms with Crippen LogP contribution in [0.15, 0.2) is 18.2 Å². The number of likely N-dealkylation sites (N-methyl/N-ethyl adjacent to an activating group) is 1. The highest BCUT2D eigenvalue weighted by Gasteiger charge is 2.22. The van der Waals surface area contributed by atoms with Gasteiger partial charge in [0.15, 0.2) is 0 Å². The molecule has 1 unspecified atom stereocenters. The first kappa shape index (κ1) is 14.5. The molecule has 1 rings (SSSR count). The van der Waals surface area contributed by atoms with E-state index in [2.05, 4.69) is 19.2 Å². The number of amides is 1. The Morgan fingerprint density at radius 3 is 2.56 bits per heavy atom. The fourth-order valence-electron chi connectivity index (χ4n) is 1.93. The van der Waals surface area contributed by atoms with Crippen LogP contribution in [0.4, 0.5) is 0 Å². The quantitative estimate of drug-likeness (QED) is 0.834. The van der Waals surface area contributed by atoms with Crippen molar-refractivity contribution in [3.8, 4) is 5.75 Å². The van der Waals surface area contributed by atoms with Crippen LogP contribution < -0.4 is 15.8 Å². The van der Waals surface area contributed by atoms with Crippen molar-refractivity contribution in [2.45, 2.75) is 25.7 Å². The van der Waals surface area contributed by atoms with E-state index < -0.39 is 0 Å². The third-order valence-corrected chi connectivity index (χ3v) is 3.09. The van der Waals surface area contributed by atoms with Crippen molar-refractivity contribution in [3.63, 3.8) is 0 Å². The second-order valence-corrected chi connectivity index (χ2v) is 4.56. The number of benzene rings is 1. The van der Waals surface area contributed by atoms with E-state index in [4.69, 9.17) is 10.5 Å². The molecule has 4 nitrogen and oxygen atoms in total. The van der Waals surface area contributed by atoms with E-state index in [-0.39, 0.29) is 18.4 Å². The van der Waals surface area contributed by atoms with Gasteiger partial charge in [0.1, 0.15) is 5.75 Å². The second kappa shape index (κ2) is 6.40. The van der Waals surface area contributed by atoms with Crippen molar-refractivity contribution in [1.29, 1.82) is 0 Å². The predicted molar refractivity (Wildman–Crippen MR) is 72.9 cm³/mol. The summed E-state index contributed by atoms with van der Waals surface area (Å²) in [5.74, 6) is 0.650. The van der Waals surface area contributed by atoms with Crippen molar-refractivity contribution in [2.75, 3.05) is 20.7 Å². The Bertz CT molecular complexity index is 416. The number of rotatable bonds is 5. The van der Waals surface area contributed by atoms with Crippen LogP contribution in [-0.2, 0) is 4.79 Å². The molecule has 0 fully saturated rings. The lowest BCUT2D eigenvalue weighted by Crippen LogP contribution is -2.31. The molecule has 4 heteroatoms. The van der Waals surface area contributed by atoms with Crippen molar-refractivity contribution in [2.24, 2.45) is 5.73 Å². The lowest BCUT2D eigenvalue weighted by atomic mass is 9.92. The third kappa shape index (κ3) is 3.01. The topological polar surface area (TPSA) is 64.4 Å². The van der Waals surface area contributed by atoms with E-state index in [0.717, 1.165) is 5.56 Å². The molecule has 100 valence electrons. The molecule has 0 bridgehead atoms. The molecule has 0 saturated heterocycles. The van der Waals surface area contributed by atoms with Crippen LogP contribution in [0.2, 0.25) is 0 Å². The van der Waals surface area contributed by atoms with Crippen molar-refractivity contribution in [3.05, 3.63) is 29.3 Å². The highest BCUT2D eigenvalue weighted by atomic mass is 16.5. The van der Waals surface area contributed by atoms with Gasteiger partial charge in [-0.1, -0.05) is 26.0 Å². The van der Waals surface area contributed by atoms with Gasteiger partial charge in [-0.3, -0.25) is 4.79 Å². The molecule has 1 aromatic carbocycles. The SMILES string of the molecule is CNC(=O)C(CN)c1cc(C(C)C)ccc1OC. The Morgan fingerprint density at radius 2 is 2.11 bits per heavy atom. The first-order valence-electron chi connectivity index (χ1n) is 6.14. The summed E-state index contributed by atoms with van der Waals surface area (Å²) in [6.45, 7) is 4.49. The van der Waals surface area contributed by atoms with E-state index in [1.165, 1.54) is 5.56 Å². The molecule has 1 atom stereocenters. The minimum atomic E-state index is -0.372. The first-order chi connectivity index (χ1) is 8.54. The molecule has 0 radical (unpaired) electrons. The molecular weight excluding hydrogens is 228 g/mol. The van der Waals surface area contributed by atoms with Gasteiger partial charge in [-0.15, -0.1) is 0 Å².